The summed E-state index contributed by atoms with van der Waals surface area (Å²) in [6.07, 6.45) is 6.84. The second-order valence-electron chi connectivity index (χ2n) is 10.8. The highest BCUT2D eigenvalue weighted by Gasteiger charge is 2.32. The lowest BCUT2D eigenvalue weighted by molar-refractivity contribution is -0.139. The van der Waals surface area contributed by atoms with Crippen molar-refractivity contribution in [3.63, 3.8) is 0 Å². The molecule has 3 aliphatic heterocycles. The molecule has 0 bridgehead atoms. The molecule has 226 valence electrons. The van der Waals surface area contributed by atoms with E-state index in [0.29, 0.717) is 52.1 Å². The number of piperazine rings is 1. The monoisotopic (exact) mass is 585 g/mol. The number of hydrogen-bond donors (Lipinski definition) is 2. The van der Waals surface area contributed by atoms with Gasteiger partial charge in [0.25, 0.3) is 6.43 Å². The number of carbonyl (C=O) groups excluding carboxylic acids is 2. The smallest absolute Gasteiger partial charge is 0.281 e. The molecule has 5 rings (SSSR count). The van der Waals surface area contributed by atoms with Crippen LogP contribution in [0.15, 0.2) is 18.3 Å². The lowest BCUT2D eigenvalue weighted by Gasteiger charge is -2.38. The first-order valence-electron chi connectivity index (χ1n) is 14.4. The summed E-state index contributed by atoms with van der Waals surface area (Å²) in [5.74, 6) is -0.304. The van der Waals surface area contributed by atoms with E-state index in [-0.39, 0.29) is 47.0 Å². The van der Waals surface area contributed by atoms with E-state index in [4.69, 9.17) is 11.5 Å². The van der Waals surface area contributed by atoms with E-state index in [2.05, 4.69) is 29.8 Å². The van der Waals surface area contributed by atoms with Crippen molar-refractivity contribution in [2.45, 2.75) is 38.5 Å². The molecule has 5 heterocycles. The summed E-state index contributed by atoms with van der Waals surface area (Å²) in [5, 5.41) is 0. The van der Waals surface area contributed by atoms with Gasteiger partial charge < -0.3 is 26.2 Å². The Hall–Kier alpha value is -4.01. The summed E-state index contributed by atoms with van der Waals surface area (Å²) in [6, 6.07) is 0. The van der Waals surface area contributed by atoms with Crippen LogP contribution < -0.4 is 16.4 Å². The highest BCUT2D eigenvalue weighted by Crippen LogP contribution is 2.29. The maximum absolute atomic E-state index is 13.6. The lowest BCUT2D eigenvalue weighted by atomic mass is 9.95. The third-order valence-corrected chi connectivity index (χ3v) is 8.03. The number of rotatable bonds is 7. The number of carbonyl (C=O) groups is 2. The third kappa shape index (κ3) is 7.06. The first-order valence-corrected chi connectivity index (χ1v) is 14.4. The van der Waals surface area contributed by atoms with E-state index in [1.165, 1.54) is 19.3 Å². The number of nitrogens with zero attached hydrogens (tertiary/aromatic N) is 9. The van der Waals surface area contributed by atoms with Gasteiger partial charge in [-0.1, -0.05) is 12.5 Å². The van der Waals surface area contributed by atoms with Crippen molar-refractivity contribution in [2.24, 2.45) is 5.92 Å². The summed E-state index contributed by atoms with van der Waals surface area (Å²) in [6.45, 7) is 5.88. The minimum Gasteiger partial charge on any atom is -0.368 e. The van der Waals surface area contributed by atoms with Gasteiger partial charge in [0.2, 0.25) is 29.7 Å². The standard InChI is InChI=1S/C27H37F2N11O2/c28-22(29)21-19(17-32-25(30)33-21)23-34-26(31)36-27(35-23)40-15-13-39(14-16-40)24(42)18-6-11-38(12-7-18)20(41)5-4-10-37-8-2-1-3-9-37/h4-5,17-18,22H,1-3,6-16H2,(H2,30,32,33)(H2,31,34,35,36)/b5-4+. The maximum atomic E-state index is 13.6. The minimum atomic E-state index is -2.91. The number of halogens is 2. The van der Waals surface area contributed by atoms with Crippen LogP contribution in [0.4, 0.5) is 26.6 Å². The normalized spacial score (nSPS) is 19.2. The molecule has 3 aliphatic rings. The Bertz CT molecular complexity index is 1290. The highest BCUT2D eigenvalue weighted by molar-refractivity contribution is 5.88. The molecule has 0 unspecified atom stereocenters. The molecule has 0 aromatic carbocycles. The third-order valence-electron chi connectivity index (χ3n) is 8.03. The van der Waals surface area contributed by atoms with Gasteiger partial charge in [-0.25, -0.2) is 18.7 Å². The molecule has 0 spiro atoms. The largest absolute Gasteiger partial charge is 0.368 e. The van der Waals surface area contributed by atoms with Gasteiger partial charge in [-0.2, -0.15) is 15.0 Å². The van der Waals surface area contributed by atoms with Crippen molar-refractivity contribution in [1.29, 1.82) is 0 Å². The van der Waals surface area contributed by atoms with Crippen LogP contribution in [-0.4, -0.2) is 110 Å². The van der Waals surface area contributed by atoms with E-state index in [1.807, 2.05) is 20.8 Å². The van der Waals surface area contributed by atoms with Crippen LogP contribution in [0, 0.1) is 5.92 Å². The van der Waals surface area contributed by atoms with Crippen LogP contribution in [-0.2, 0) is 9.59 Å². The molecule has 4 N–H and O–H groups in total. The molecule has 2 aromatic rings. The fraction of sp³-hybridized carbons (Fsp3) is 0.593. The van der Waals surface area contributed by atoms with Crippen LogP contribution in [0.5, 0.6) is 0 Å². The van der Waals surface area contributed by atoms with Crippen LogP contribution in [0.3, 0.4) is 0 Å². The van der Waals surface area contributed by atoms with E-state index in [1.54, 1.807) is 6.08 Å². The summed E-state index contributed by atoms with van der Waals surface area (Å²) >= 11 is 0. The molecule has 0 saturated carbocycles. The fourth-order valence-corrected chi connectivity index (χ4v) is 5.67. The van der Waals surface area contributed by atoms with E-state index < -0.39 is 12.1 Å². The number of nitrogen functional groups attached to an aromatic ring is 2. The van der Waals surface area contributed by atoms with E-state index in [0.717, 1.165) is 25.8 Å². The Morgan fingerprint density at radius 2 is 1.60 bits per heavy atom. The zero-order chi connectivity index (χ0) is 29.6. The number of hydrogen-bond acceptors (Lipinski definition) is 11. The van der Waals surface area contributed by atoms with Crippen molar-refractivity contribution >= 4 is 29.7 Å². The van der Waals surface area contributed by atoms with Crippen LogP contribution in [0.1, 0.15) is 44.2 Å². The number of nitrogens with two attached hydrogens (primary N) is 2. The average Bonchev–Trinajstić information content (AvgIpc) is 3.01. The van der Waals surface area contributed by atoms with E-state index in [9.17, 15) is 18.4 Å². The zero-order valence-electron chi connectivity index (χ0n) is 23.5. The highest BCUT2D eigenvalue weighted by atomic mass is 19.3. The van der Waals surface area contributed by atoms with Crippen molar-refractivity contribution in [1.82, 2.24) is 39.6 Å². The molecule has 0 radical (unpaired) electrons. The first-order chi connectivity index (χ1) is 20.3. The molecule has 13 nitrogen and oxygen atoms in total. The van der Waals surface area contributed by atoms with Crippen molar-refractivity contribution in [3.8, 4) is 11.4 Å². The molecule has 3 saturated heterocycles. The number of anilines is 3. The quantitative estimate of drug-likeness (QED) is 0.451. The van der Waals surface area contributed by atoms with Gasteiger partial charge in [-0.3, -0.25) is 14.5 Å². The van der Waals surface area contributed by atoms with Gasteiger partial charge >= 0.3 is 0 Å². The summed E-state index contributed by atoms with van der Waals surface area (Å²) < 4.78 is 27.2. The average molecular weight is 586 g/mol. The summed E-state index contributed by atoms with van der Waals surface area (Å²) in [4.78, 5) is 53.7. The van der Waals surface area contributed by atoms with Gasteiger partial charge in [0.15, 0.2) is 5.82 Å². The second kappa shape index (κ2) is 13.3. The molecule has 42 heavy (non-hydrogen) atoms. The van der Waals surface area contributed by atoms with Crippen molar-refractivity contribution < 1.29 is 18.4 Å². The molecule has 0 aliphatic carbocycles. The van der Waals surface area contributed by atoms with Crippen LogP contribution >= 0.6 is 0 Å². The second-order valence-corrected chi connectivity index (χ2v) is 10.8. The van der Waals surface area contributed by atoms with Gasteiger partial charge in [0, 0.05) is 64.0 Å². The Morgan fingerprint density at radius 3 is 2.29 bits per heavy atom. The van der Waals surface area contributed by atoms with Gasteiger partial charge in [0.1, 0.15) is 5.69 Å². The van der Waals surface area contributed by atoms with Gasteiger partial charge in [-0.15, -0.1) is 0 Å². The Morgan fingerprint density at radius 1 is 0.881 bits per heavy atom. The molecule has 2 aromatic heterocycles. The predicted molar refractivity (Wildman–Crippen MR) is 152 cm³/mol. The van der Waals surface area contributed by atoms with Crippen molar-refractivity contribution in [3.05, 3.63) is 24.0 Å². The molecular formula is C27H37F2N11O2. The molecule has 3 fully saturated rings. The van der Waals surface area contributed by atoms with Crippen molar-refractivity contribution in [2.75, 3.05) is 75.3 Å². The molecule has 0 atom stereocenters. The number of piperidine rings is 2. The van der Waals surface area contributed by atoms with Crippen LogP contribution in [0.25, 0.3) is 11.4 Å². The Balaban J connectivity index is 1.12. The predicted octanol–water partition coefficient (Wildman–Crippen LogP) is 1.36. The topological polar surface area (TPSA) is 164 Å². The number of amides is 2. The Labute approximate surface area is 243 Å². The molecule has 15 heteroatoms. The number of alkyl halides is 2. The zero-order valence-corrected chi connectivity index (χ0v) is 23.5. The molecule has 2 amide bonds. The first kappa shape index (κ1) is 29.5. The lowest BCUT2D eigenvalue weighted by Crippen LogP contribution is -2.52. The summed E-state index contributed by atoms with van der Waals surface area (Å²) in [7, 11) is 0. The minimum absolute atomic E-state index is 0.00807. The number of aromatic nitrogens is 5. The summed E-state index contributed by atoms with van der Waals surface area (Å²) in [5.41, 5.74) is 10.7. The number of likely N-dealkylation sites (tertiary alicyclic amines) is 2. The van der Waals surface area contributed by atoms with Crippen LogP contribution in [0.2, 0.25) is 0 Å². The Kier molecular flexibility index (Phi) is 9.35. The fourth-order valence-electron chi connectivity index (χ4n) is 5.67. The van der Waals surface area contributed by atoms with Gasteiger partial charge in [-0.05, 0) is 38.8 Å². The SMILES string of the molecule is Nc1nc(-c2cnc(N)nc2C(F)F)nc(N2CCN(C(=O)C3CCN(C(=O)/C=C/CN4CCCCC4)CC3)CC2)n1. The van der Waals surface area contributed by atoms with E-state index >= 15 is 0 Å². The molecular weight excluding hydrogens is 548 g/mol. The maximum Gasteiger partial charge on any atom is 0.281 e. The van der Waals surface area contributed by atoms with Gasteiger partial charge in [0.05, 0.1) is 5.56 Å².